The summed E-state index contributed by atoms with van der Waals surface area (Å²) in [6, 6.07) is 16.0. The number of benzene rings is 2. The molecule has 0 bridgehead atoms. The van der Waals surface area contributed by atoms with E-state index in [4.69, 9.17) is 0 Å². The highest BCUT2D eigenvalue weighted by molar-refractivity contribution is 7.83. The Labute approximate surface area is 106 Å². The monoisotopic (exact) mass is 250 g/mol. The summed E-state index contributed by atoms with van der Waals surface area (Å²) < 4.78 is 13.5. The lowest BCUT2D eigenvalue weighted by Gasteiger charge is -2.22. The maximum atomic E-state index is 13.5. The molecule has 2 aromatic rings. The summed E-state index contributed by atoms with van der Waals surface area (Å²) in [4.78, 5) is 0. The maximum absolute atomic E-state index is 13.5. The van der Waals surface area contributed by atoms with Crippen LogP contribution in [0, 0.1) is 0 Å². The zero-order valence-corrected chi connectivity index (χ0v) is 10.6. The van der Waals surface area contributed by atoms with Gasteiger partial charge < -0.3 is 4.57 Å². The molecule has 0 amide bonds. The quantitative estimate of drug-likeness (QED) is 0.655. The van der Waals surface area contributed by atoms with E-state index in [1.807, 2.05) is 54.6 Å². The summed E-state index contributed by atoms with van der Waals surface area (Å²) in [6.45, 7) is 0. The highest BCUT2D eigenvalue weighted by atomic mass is 31.2. The van der Waals surface area contributed by atoms with Crippen LogP contribution in [0.5, 0.6) is 0 Å². The molecular formula is C16H11OP. The van der Waals surface area contributed by atoms with Gasteiger partial charge in [0.05, 0.1) is 0 Å². The molecule has 86 valence electrons. The van der Waals surface area contributed by atoms with Gasteiger partial charge in [-0.2, -0.15) is 0 Å². The van der Waals surface area contributed by atoms with Gasteiger partial charge in [-0.15, -0.1) is 0 Å². The molecule has 2 aliphatic heterocycles. The number of fused-ring (bicyclic) bond motifs is 5. The van der Waals surface area contributed by atoms with E-state index in [0.29, 0.717) is 0 Å². The van der Waals surface area contributed by atoms with Crippen molar-refractivity contribution in [2.75, 3.05) is 0 Å². The lowest BCUT2D eigenvalue weighted by atomic mass is 10.2. The second-order valence-electron chi connectivity index (χ2n) is 4.63. The molecule has 0 saturated carbocycles. The van der Waals surface area contributed by atoms with Crippen LogP contribution < -0.4 is 10.6 Å². The number of hydrogen-bond acceptors (Lipinski definition) is 1. The van der Waals surface area contributed by atoms with Crippen LogP contribution in [-0.4, -0.2) is 0 Å². The van der Waals surface area contributed by atoms with Crippen molar-refractivity contribution >= 4 is 29.9 Å². The Bertz CT molecular complexity index is 762. The second kappa shape index (κ2) is 3.34. The minimum Gasteiger partial charge on any atom is -0.309 e. The van der Waals surface area contributed by atoms with Gasteiger partial charge >= 0.3 is 0 Å². The van der Waals surface area contributed by atoms with Gasteiger partial charge in [-0.1, -0.05) is 60.7 Å². The SMILES string of the molecule is O=[P@@]12C(=Cc3ccccc31)C=Cc1ccccc12. The highest BCUT2D eigenvalue weighted by Gasteiger charge is 2.39. The molecule has 0 unspecified atom stereocenters. The lowest BCUT2D eigenvalue weighted by molar-refractivity contribution is 0.591. The molecule has 0 N–H and O–H groups in total. The van der Waals surface area contributed by atoms with Crippen molar-refractivity contribution in [1.29, 1.82) is 0 Å². The molecule has 0 fully saturated rings. The van der Waals surface area contributed by atoms with Crippen LogP contribution in [-0.2, 0) is 4.57 Å². The van der Waals surface area contributed by atoms with E-state index in [9.17, 15) is 4.57 Å². The first-order valence-electron chi connectivity index (χ1n) is 6.00. The minimum atomic E-state index is -2.58. The van der Waals surface area contributed by atoms with E-state index in [1.54, 1.807) is 0 Å². The van der Waals surface area contributed by atoms with Gasteiger partial charge in [-0.3, -0.25) is 0 Å². The molecule has 2 aromatic carbocycles. The fourth-order valence-electron chi connectivity index (χ4n) is 2.80. The molecule has 2 heteroatoms. The van der Waals surface area contributed by atoms with Crippen molar-refractivity contribution in [3.8, 4) is 0 Å². The first kappa shape index (κ1) is 10.1. The molecule has 18 heavy (non-hydrogen) atoms. The highest BCUT2D eigenvalue weighted by Crippen LogP contribution is 2.59. The molecular weight excluding hydrogens is 239 g/mol. The largest absolute Gasteiger partial charge is 0.309 e. The molecule has 0 aromatic heterocycles. The predicted molar refractivity (Wildman–Crippen MR) is 76.8 cm³/mol. The Balaban J connectivity index is 2.13. The van der Waals surface area contributed by atoms with E-state index in [2.05, 4.69) is 12.2 Å². The predicted octanol–water partition coefficient (Wildman–Crippen LogP) is 3.38. The Kier molecular flexibility index (Phi) is 1.87. The average molecular weight is 250 g/mol. The normalized spacial score (nSPS) is 23.0. The van der Waals surface area contributed by atoms with Crippen LogP contribution in [0.25, 0.3) is 12.2 Å². The Morgan fingerprint density at radius 3 is 2.11 bits per heavy atom. The van der Waals surface area contributed by atoms with Crippen molar-refractivity contribution < 1.29 is 4.57 Å². The van der Waals surface area contributed by atoms with Crippen LogP contribution >= 0.6 is 7.14 Å². The van der Waals surface area contributed by atoms with E-state index in [1.165, 1.54) is 0 Å². The first-order chi connectivity index (χ1) is 8.80. The summed E-state index contributed by atoms with van der Waals surface area (Å²) in [5.74, 6) is 0. The van der Waals surface area contributed by atoms with E-state index in [-0.39, 0.29) is 0 Å². The lowest BCUT2D eigenvalue weighted by Crippen LogP contribution is -2.19. The topological polar surface area (TPSA) is 17.1 Å². The molecule has 0 saturated heterocycles. The molecule has 0 aliphatic carbocycles. The molecule has 0 spiro atoms. The van der Waals surface area contributed by atoms with Crippen molar-refractivity contribution in [3.05, 3.63) is 71.0 Å². The third kappa shape index (κ3) is 1.10. The Hall–Kier alpha value is -1.85. The summed E-state index contributed by atoms with van der Waals surface area (Å²) >= 11 is 0. The van der Waals surface area contributed by atoms with Gasteiger partial charge in [0.25, 0.3) is 0 Å². The van der Waals surface area contributed by atoms with Gasteiger partial charge in [0.2, 0.25) is 0 Å². The summed E-state index contributed by atoms with van der Waals surface area (Å²) in [5, 5.41) is 2.92. The molecule has 1 nitrogen and oxygen atoms in total. The number of rotatable bonds is 0. The first-order valence-corrected chi connectivity index (χ1v) is 7.70. The molecule has 0 radical (unpaired) electrons. The molecule has 2 aliphatic rings. The van der Waals surface area contributed by atoms with Gasteiger partial charge in [0.1, 0.15) is 0 Å². The van der Waals surface area contributed by atoms with Crippen molar-refractivity contribution in [2.45, 2.75) is 0 Å². The minimum absolute atomic E-state index is 0.961. The van der Waals surface area contributed by atoms with Gasteiger partial charge in [-0.25, -0.2) is 0 Å². The Morgan fingerprint density at radius 2 is 1.33 bits per heavy atom. The average Bonchev–Trinajstić information content (AvgIpc) is 2.73. The third-order valence-corrected chi connectivity index (χ3v) is 6.83. The van der Waals surface area contributed by atoms with Gasteiger partial charge in [0, 0.05) is 15.9 Å². The Morgan fingerprint density at radius 1 is 0.722 bits per heavy atom. The fourth-order valence-corrected chi connectivity index (χ4v) is 5.83. The third-order valence-electron chi connectivity index (χ3n) is 3.65. The summed E-state index contributed by atoms with van der Waals surface area (Å²) in [7, 11) is -2.58. The van der Waals surface area contributed by atoms with Gasteiger partial charge in [0.15, 0.2) is 7.14 Å². The molecule has 4 rings (SSSR count). The van der Waals surface area contributed by atoms with E-state index >= 15 is 0 Å². The standard InChI is InChI=1S/C16H11OP/c17-18-14(11-13-6-2-4-8-16(13)18)10-9-12-5-1-3-7-15(12)18/h1-11H/t18-/m1/s1. The van der Waals surface area contributed by atoms with Crippen LogP contribution in [0.4, 0.5) is 0 Å². The van der Waals surface area contributed by atoms with Gasteiger partial charge in [-0.05, 0) is 17.2 Å². The van der Waals surface area contributed by atoms with Crippen LogP contribution in [0.2, 0.25) is 0 Å². The second-order valence-corrected chi connectivity index (χ2v) is 7.33. The molecule has 2 heterocycles. The maximum Gasteiger partial charge on any atom is 0.172 e. The zero-order valence-electron chi connectivity index (χ0n) is 9.71. The summed E-state index contributed by atoms with van der Waals surface area (Å²) in [5.41, 5.74) is 2.17. The van der Waals surface area contributed by atoms with Crippen molar-refractivity contribution in [2.24, 2.45) is 0 Å². The van der Waals surface area contributed by atoms with E-state index < -0.39 is 7.14 Å². The zero-order chi connectivity index (χ0) is 12.2. The van der Waals surface area contributed by atoms with Crippen molar-refractivity contribution in [3.63, 3.8) is 0 Å². The van der Waals surface area contributed by atoms with E-state index in [0.717, 1.165) is 27.1 Å². The molecule has 1 atom stereocenters. The van der Waals surface area contributed by atoms with Crippen molar-refractivity contribution in [1.82, 2.24) is 0 Å². The summed E-state index contributed by atoms with van der Waals surface area (Å²) in [6.07, 6.45) is 6.12. The smallest absolute Gasteiger partial charge is 0.172 e. The van der Waals surface area contributed by atoms with Crippen LogP contribution in [0.1, 0.15) is 11.1 Å². The fraction of sp³-hybridized carbons (Fsp3) is 0. The number of hydrogen-bond donors (Lipinski definition) is 0. The number of allylic oxidation sites excluding steroid dienone is 2. The van der Waals surface area contributed by atoms with Crippen LogP contribution in [0.15, 0.2) is 59.9 Å². The van der Waals surface area contributed by atoms with Crippen LogP contribution in [0.3, 0.4) is 0 Å².